The predicted molar refractivity (Wildman–Crippen MR) is 76.9 cm³/mol. The second kappa shape index (κ2) is 7.28. The first-order chi connectivity index (χ1) is 9.60. The number of benzene rings is 1. The molecule has 0 N–H and O–H groups in total. The van der Waals surface area contributed by atoms with Crippen molar-refractivity contribution in [3.8, 4) is 0 Å². The minimum absolute atomic E-state index is 0.198. The van der Waals surface area contributed by atoms with Crippen molar-refractivity contribution in [1.29, 1.82) is 0 Å². The summed E-state index contributed by atoms with van der Waals surface area (Å²) in [6.07, 6.45) is 4.46. The maximum absolute atomic E-state index is 12.0. The number of allylic oxidation sites excluding steroid dienone is 2. The number of hydrogen-bond acceptors (Lipinski definition) is 4. The van der Waals surface area contributed by atoms with E-state index in [1.165, 1.54) is 14.2 Å². The molecule has 20 heavy (non-hydrogen) atoms. The maximum atomic E-state index is 12.0. The van der Waals surface area contributed by atoms with E-state index in [0.717, 1.165) is 11.1 Å². The lowest BCUT2D eigenvalue weighted by Crippen LogP contribution is -2.16. The number of carbonyl (C=O) groups excluding carboxylic acids is 2. The van der Waals surface area contributed by atoms with Crippen molar-refractivity contribution in [3.05, 3.63) is 59.7 Å². The highest BCUT2D eigenvalue weighted by molar-refractivity contribution is 6.04. The molecule has 0 saturated heterocycles. The zero-order valence-corrected chi connectivity index (χ0v) is 11.8. The Labute approximate surface area is 118 Å². The molecule has 0 amide bonds. The Morgan fingerprint density at radius 1 is 1.05 bits per heavy atom. The van der Waals surface area contributed by atoms with E-state index < -0.39 is 11.9 Å². The molecule has 1 aromatic rings. The van der Waals surface area contributed by atoms with Crippen LogP contribution in [0.5, 0.6) is 0 Å². The molecule has 106 valence electrons. The van der Waals surface area contributed by atoms with Crippen LogP contribution in [0.1, 0.15) is 31.8 Å². The largest absolute Gasteiger partial charge is 0.465 e. The lowest BCUT2D eigenvalue weighted by molar-refractivity contribution is 0.0554. The van der Waals surface area contributed by atoms with Crippen LogP contribution in [-0.2, 0) is 22.3 Å². The third kappa shape index (κ3) is 3.15. The van der Waals surface area contributed by atoms with Gasteiger partial charge in [-0.05, 0) is 30.0 Å². The Hall–Kier alpha value is -2.36. The smallest absolute Gasteiger partial charge is 0.339 e. The normalized spacial score (nSPS) is 9.70. The van der Waals surface area contributed by atoms with E-state index in [1.807, 2.05) is 0 Å². The molecule has 4 heteroatoms. The summed E-state index contributed by atoms with van der Waals surface area (Å²) in [5.74, 6) is -1.13. The van der Waals surface area contributed by atoms with Crippen molar-refractivity contribution in [2.45, 2.75) is 12.8 Å². The molecule has 1 rings (SSSR count). The molecule has 0 aromatic heterocycles. The summed E-state index contributed by atoms with van der Waals surface area (Å²) in [4.78, 5) is 23.8. The molecule has 0 bridgehead atoms. The Bertz CT molecular complexity index is 544. The van der Waals surface area contributed by atoms with Gasteiger partial charge in [-0.25, -0.2) is 9.59 Å². The van der Waals surface area contributed by atoms with E-state index in [1.54, 1.807) is 24.3 Å². The van der Waals surface area contributed by atoms with Gasteiger partial charge in [0, 0.05) is 0 Å². The monoisotopic (exact) mass is 274 g/mol. The molecular formula is C16H18O4. The second-order valence-electron chi connectivity index (χ2n) is 4.09. The molecule has 0 aliphatic rings. The fourth-order valence-electron chi connectivity index (χ4n) is 2.03. The van der Waals surface area contributed by atoms with Gasteiger partial charge in [0.05, 0.1) is 25.3 Å². The predicted octanol–water partition coefficient (Wildman–Crippen LogP) is 2.72. The van der Waals surface area contributed by atoms with Crippen LogP contribution in [0.25, 0.3) is 0 Å². The van der Waals surface area contributed by atoms with Gasteiger partial charge in [-0.15, -0.1) is 13.2 Å². The number of hydrogen-bond donors (Lipinski definition) is 0. The van der Waals surface area contributed by atoms with E-state index in [0.29, 0.717) is 12.8 Å². The molecule has 0 fully saturated rings. The number of esters is 2. The van der Waals surface area contributed by atoms with E-state index >= 15 is 0 Å². The van der Waals surface area contributed by atoms with Crippen LogP contribution < -0.4 is 0 Å². The van der Waals surface area contributed by atoms with Crippen molar-refractivity contribution in [3.63, 3.8) is 0 Å². The SMILES string of the molecule is C=CCc1ccc(C(=O)OC)c(C(=O)OC)c1CC=C. The number of rotatable bonds is 6. The fraction of sp³-hybridized carbons (Fsp3) is 0.250. The van der Waals surface area contributed by atoms with Crippen LogP contribution in [0.3, 0.4) is 0 Å². The van der Waals surface area contributed by atoms with Gasteiger partial charge in [-0.2, -0.15) is 0 Å². The van der Waals surface area contributed by atoms with E-state index in [9.17, 15) is 9.59 Å². The molecule has 0 atom stereocenters. The highest BCUT2D eigenvalue weighted by Crippen LogP contribution is 2.23. The quantitative estimate of drug-likeness (QED) is 0.591. The summed E-state index contributed by atoms with van der Waals surface area (Å²) >= 11 is 0. The van der Waals surface area contributed by atoms with Crippen LogP contribution in [0.2, 0.25) is 0 Å². The Morgan fingerprint density at radius 3 is 2.15 bits per heavy atom. The molecular weight excluding hydrogens is 256 g/mol. The van der Waals surface area contributed by atoms with Crippen LogP contribution in [0, 0.1) is 0 Å². The van der Waals surface area contributed by atoms with Gasteiger partial charge >= 0.3 is 11.9 Å². The lowest BCUT2D eigenvalue weighted by atomic mass is 9.92. The van der Waals surface area contributed by atoms with Crippen LogP contribution in [0.4, 0.5) is 0 Å². The second-order valence-corrected chi connectivity index (χ2v) is 4.09. The molecule has 0 radical (unpaired) electrons. The molecule has 4 nitrogen and oxygen atoms in total. The topological polar surface area (TPSA) is 52.6 Å². The fourth-order valence-corrected chi connectivity index (χ4v) is 2.03. The maximum Gasteiger partial charge on any atom is 0.339 e. The highest BCUT2D eigenvalue weighted by atomic mass is 16.5. The molecule has 0 heterocycles. The average molecular weight is 274 g/mol. The molecule has 0 unspecified atom stereocenters. The van der Waals surface area contributed by atoms with Gasteiger partial charge in [0.15, 0.2) is 0 Å². The first-order valence-corrected chi connectivity index (χ1v) is 6.13. The highest BCUT2D eigenvalue weighted by Gasteiger charge is 2.23. The Morgan fingerprint density at radius 2 is 1.65 bits per heavy atom. The van der Waals surface area contributed by atoms with Gasteiger partial charge in [-0.1, -0.05) is 18.2 Å². The third-order valence-corrected chi connectivity index (χ3v) is 2.92. The summed E-state index contributed by atoms with van der Waals surface area (Å²) < 4.78 is 9.50. The summed E-state index contributed by atoms with van der Waals surface area (Å²) in [6.45, 7) is 7.38. The molecule has 0 spiro atoms. The van der Waals surface area contributed by atoms with E-state index in [4.69, 9.17) is 9.47 Å². The van der Waals surface area contributed by atoms with Gasteiger partial charge in [0.1, 0.15) is 0 Å². The zero-order chi connectivity index (χ0) is 15.1. The summed E-state index contributed by atoms with van der Waals surface area (Å²) in [7, 11) is 2.55. The van der Waals surface area contributed by atoms with Crippen LogP contribution in [0.15, 0.2) is 37.4 Å². The molecule has 1 aromatic carbocycles. The standard InChI is InChI=1S/C16H18O4/c1-5-7-11-9-10-13(15(17)19-3)14(16(18)20-4)12(11)8-6-2/h5-6,9-10H,1-2,7-8H2,3-4H3. The summed E-state index contributed by atoms with van der Waals surface area (Å²) in [6, 6.07) is 3.36. The molecule has 0 aliphatic heterocycles. The first-order valence-electron chi connectivity index (χ1n) is 6.13. The summed E-state index contributed by atoms with van der Waals surface area (Å²) in [5, 5.41) is 0. The average Bonchev–Trinajstić information content (AvgIpc) is 2.47. The van der Waals surface area contributed by atoms with Gasteiger partial charge < -0.3 is 9.47 Å². The number of carbonyl (C=O) groups is 2. The minimum atomic E-state index is -0.569. The van der Waals surface area contributed by atoms with Gasteiger partial charge in [-0.3, -0.25) is 0 Å². The van der Waals surface area contributed by atoms with Crippen molar-refractivity contribution < 1.29 is 19.1 Å². The zero-order valence-electron chi connectivity index (χ0n) is 11.8. The van der Waals surface area contributed by atoms with Gasteiger partial charge in [0.25, 0.3) is 0 Å². The molecule has 0 aliphatic carbocycles. The number of ether oxygens (including phenoxy) is 2. The van der Waals surface area contributed by atoms with Crippen LogP contribution in [-0.4, -0.2) is 26.2 Å². The number of methoxy groups -OCH3 is 2. The third-order valence-electron chi connectivity index (χ3n) is 2.92. The van der Waals surface area contributed by atoms with Crippen LogP contribution >= 0.6 is 0 Å². The molecule has 0 saturated carbocycles. The Balaban J connectivity index is 3.59. The first kappa shape index (κ1) is 15.7. The van der Waals surface area contributed by atoms with Gasteiger partial charge in [0.2, 0.25) is 0 Å². The lowest BCUT2D eigenvalue weighted by Gasteiger charge is -2.14. The minimum Gasteiger partial charge on any atom is -0.465 e. The van der Waals surface area contributed by atoms with Crippen molar-refractivity contribution in [2.24, 2.45) is 0 Å². The van der Waals surface area contributed by atoms with E-state index in [2.05, 4.69) is 13.2 Å². The Kier molecular flexibility index (Phi) is 5.72. The van der Waals surface area contributed by atoms with Crippen molar-refractivity contribution >= 4 is 11.9 Å². The summed E-state index contributed by atoms with van der Waals surface area (Å²) in [5.41, 5.74) is 2.06. The van der Waals surface area contributed by atoms with Crippen molar-refractivity contribution in [2.75, 3.05) is 14.2 Å². The van der Waals surface area contributed by atoms with Crippen molar-refractivity contribution in [1.82, 2.24) is 0 Å². The van der Waals surface area contributed by atoms with E-state index in [-0.39, 0.29) is 11.1 Å².